The van der Waals surface area contributed by atoms with Gasteiger partial charge in [0.25, 0.3) is 0 Å². The highest BCUT2D eigenvalue weighted by Crippen LogP contribution is 2.50. The summed E-state index contributed by atoms with van der Waals surface area (Å²) in [5.74, 6) is -0.189. The maximum absolute atomic E-state index is 14.6. The van der Waals surface area contributed by atoms with Crippen LogP contribution in [0.4, 0.5) is 14.9 Å². The summed E-state index contributed by atoms with van der Waals surface area (Å²) in [5.41, 5.74) is 0.753. The Kier molecular flexibility index (Phi) is 12.1. The Balaban J connectivity index is 0.889. The predicted molar refractivity (Wildman–Crippen MR) is 206 cm³/mol. The first kappa shape index (κ1) is 39.2. The molecule has 0 spiro atoms. The molecule has 296 valence electrons. The third-order valence-corrected chi connectivity index (χ3v) is 14.7. The molecule has 1 N–H and O–H groups in total. The zero-order valence-electron chi connectivity index (χ0n) is 31.7. The molecule has 4 heterocycles. The summed E-state index contributed by atoms with van der Waals surface area (Å²) in [6.45, 7) is 8.51. The molecule has 4 aliphatic heterocycles. The summed E-state index contributed by atoms with van der Waals surface area (Å²) in [6.07, 6.45) is 6.89. The highest BCUT2D eigenvalue weighted by molar-refractivity contribution is 7.92. The molecule has 1 saturated carbocycles. The first-order valence-electron chi connectivity index (χ1n) is 19.7. The number of carbonyl (C=O) groups excluding carboxylic acids is 2. The number of alkyl carbamates (subject to hydrolysis) is 1. The van der Waals surface area contributed by atoms with E-state index >= 15 is 0 Å². The number of hydrogen-bond acceptors (Lipinski definition) is 10. The van der Waals surface area contributed by atoms with Crippen molar-refractivity contribution in [2.24, 2.45) is 17.8 Å². The van der Waals surface area contributed by atoms with Gasteiger partial charge in [-0.1, -0.05) is 24.6 Å². The number of ether oxygens (including phenoxy) is 2. The van der Waals surface area contributed by atoms with Gasteiger partial charge in [0.15, 0.2) is 9.84 Å². The van der Waals surface area contributed by atoms with Gasteiger partial charge in [-0.05, 0) is 86.7 Å². The first-order chi connectivity index (χ1) is 26.6. The average molecular weight is 777 g/mol. The van der Waals surface area contributed by atoms with E-state index in [1.807, 2.05) is 24.3 Å². The molecule has 1 unspecified atom stereocenters. The molecule has 7 rings (SSSR count). The van der Waals surface area contributed by atoms with Crippen LogP contribution in [0.25, 0.3) is 0 Å². The lowest BCUT2D eigenvalue weighted by molar-refractivity contribution is -0.129. The molecule has 2 aromatic rings. The van der Waals surface area contributed by atoms with Crippen molar-refractivity contribution in [1.82, 2.24) is 20.0 Å². The van der Waals surface area contributed by atoms with E-state index in [-0.39, 0.29) is 47.6 Å². The molecule has 2 amide bonds. The summed E-state index contributed by atoms with van der Waals surface area (Å²) in [5, 5.41) is 13.3. The van der Waals surface area contributed by atoms with Crippen LogP contribution in [0.15, 0.2) is 65.6 Å². The fraction of sp³-hybridized carbons (Fsp3) is 0.585. The molecule has 55 heavy (non-hydrogen) atoms. The summed E-state index contributed by atoms with van der Waals surface area (Å²) >= 11 is 0. The number of methoxy groups -OCH3 is 1. The first-order valence-corrected chi connectivity index (χ1v) is 21.2. The maximum Gasteiger partial charge on any atom is 0.407 e. The smallest absolute Gasteiger partial charge is 0.407 e. The van der Waals surface area contributed by atoms with Gasteiger partial charge in [-0.3, -0.25) is 9.69 Å². The largest absolute Gasteiger partial charge is 0.453 e. The topological polar surface area (TPSA) is 136 Å². The van der Waals surface area contributed by atoms with E-state index in [0.29, 0.717) is 31.2 Å². The number of piperidine rings is 1. The number of hydrogen-bond donors (Lipinski definition) is 1. The van der Waals surface area contributed by atoms with Crippen molar-refractivity contribution in [2.45, 2.75) is 53.7 Å². The van der Waals surface area contributed by atoms with Crippen LogP contribution >= 0.6 is 0 Å². The Labute approximate surface area is 324 Å². The van der Waals surface area contributed by atoms with Gasteiger partial charge in [-0.25, -0.2) is 17.6 Å². The van der Waals surface area contributed by atoms with E-state index in [2.05, 4.69) is 26.1 Å². The van der Waals surface area contributed by atoms with E-state index in [1.54, 1.807) is 29.2 Å². The predicted octanol–water partition coefficient (Wildman–Crippen LogP) is 3.83. The van der Waals surface area contributed by atoms with E-state index < -0.39 is 26.6 Å². The molecule has 14 heteroatoms. The zero-order valence-corrected chi connectivity index (χ0v) is 32.5. The lowest BCUT2D eigenvalue weighted by atomic mass is 9.59. The maximum atomic E-state index is 14.6. The number of benzene rings is 2. The van der Waals surface area contributed by atoms with Crippen molar-refractivity contribution in [3.05, 3.63) is 72.1 Å². The zero-order chi connectivity index (χ0) is 38.6. The lowest BCUT2D eigenvalue weighted by Gasteiger charge is -2.48. The number of nitrogens with one attached hydrogen (secondary N) is 1. The van der Waals surface area contributed by atoms with Crippen molar-refractivity contribution in [1.29, 1.82) is 5.26 Å². The molecule has 0 aromatic heterocycles. The molecule has 4 saturated heterocycles. The second-order valence-electron chi connectivity index (χ2n) is 15.8. The molecule has 5 fully saturated rings. The van der Waals surface area contributed by atoms with Crippen LogP contribution in [0.3, 0.4) is 0 Å². The summed E-state index contributed by atoms with van der Waals surface area (Å²) in [7, 11) is -2.21. The van der Waals surface area contributed by atoms with Crippen LogP contribution < -0.4 is 10.2 Å². The van der Waals surface area contributed by atoms with Gasteiger partial charge in [-0.2, -0.15) is 5.26 Å². The number of nitrogens with zero attached hydrogens (tertiary/aromatic N) is 5. The number of amides is 2. The van der Waals surface area contributed by atoms with E-state index in [9.17, 15) is 27.7 Å². The van der Waals surface area contributed by atoms with Gasteiger partial charge >= 0.3 is 6.09 Å². The Morgan fingerprint density at radius 1 is 1.00 bits per heavy atom. The van der Waals surface area contributed by atoms with Crippen molar-refractivity contribution in [2.75, 3.05) is 90.7 Å². The number of sulfone groups is 1. The molecule has 1 aliphatic carbocycles. The third-order valence-electron chi connectivity index (χ3n) is 12.6. The normalized spacial score (nSPS) is 24.5. The molecule has 5 aliphatic rings. The molecule has 3 atom stereocenters. The molecule has 0 bridgehead atoms. The van der Waals surface area contributed by atoms with Crippen LogP contribution in [-0.2, 0) is 29.5 Å². The number of morpholine rings is 1. The van der Waals surface area contributed by atoms with Crippen LogP contribution in [0, 0.1) is 34.9 Å². The van der Waals surface area contributed by atoms with Crippen LogP contribution in [0.2, 0.25) is 0 Å². The molecule has 0 radical (unpaired) electrons. The number of likely N-dealkylation sites (tertiary alicyclic amines) is 2. The molecular weight excluding hydrogens is 724 g/mol. The van der Waals surface area contributed by atoms with E-state index in [1.165, 1.54) is 19.2 Å². The van der Waals surface area contributed by atoms with Crippen molar-refractivity contribution >= 4 is 27.5 Å². The highest BCUT2D eigenvalue weighted by Gasteiger charge is 2.53. The Morgan fingerprint density at radius 2 is 1.73 bits per heavy atom. The van der Waals surface area contributed by atoms with Gasteiger partial charge in [0.2, 0.25) is 5.91 Å². The fourth-order valence-electron chi connectivity index (χ4n) is 9.50. The summed E-state index contributed by atoms with van der Waals surface area (Å²) in [4.78, 5) is 33.6. The number of rotatable bonds is 12. The van der Waals surface area contributed by atoms with Crippen LogP contribution in [0.5, 0.6) is 0 Å². The van der Waals surface area contributed by atoms with Gasteiger partial charge in [0.05, 0.1) is 36.7 Å². The summed E-state index contributed by atoms with van der Waals surface area (Å²) in [6, 6.07) is 16.1. The number of halogens is 1. The molecular formula is C41H53FN6O6S. The van der Waals surface area contributed by atoms with E-state index in [0.717, 1.165) is 83.6 Å². The number of nitriles is 1. The minimum Gasteiger partial charge on any atom is -0.453 e. The summed E-state index contributed by atoms with van der Waals surface area (Å²) < 4.78 is 51.6. The van der Waals surface area contributed by atoms with Crippen molar-refractivity contribution < 1.29 is 31.9 Å². The standard InChI is InChI=1S/C41H53FN6O6S/c1-53-40(50)44-38-8-3-7-37(38)41(29-43,32-5-2-6-33(42)23-32)31-14-17-46(18-15-31)24-30-25-47(26-30)34-10-12-35(13-11-34)55(51,52)36-27-48(28-36)39(49)9-4-16-45-19-21-54-22-20-45/h2,4-6,9-13,23,30-31,36-38H,3,7-8,14-22,24-28H2,1H3,(H,44,50)/b9-4+/t37?,38-,41-/m0/s1. The SMILES string of the molecule is COC(=O)N[C@H]1CCCC1[C@](C#N)(c1cccc(F)c1)C1CCN(CC2CN(c3ccc(S(=O)(=O)C4CN(C(=O)/C=C/CN5CCOCC5)C4)cc3)C2)CC1. The highest BCUT2D eigenvalue weighted by atomic mass is 32.2. The van der Waals surface area contributed by atoms with Gasteiger partial charge in [0.1, 0.15) is 11.1 Å². The Hall–Kier alpha value is -4.03. The lowest BCUT2D eigenvalue weighted by Crippen LogP contribution is -2.56. The average Bonchev–Trinajstić information content (AvgIpc) is 3.62. The second-order valence-corrected chi connectivity index (χ2v) is 18.1. The van der Waals surface area contributed by atoms with Gasteiger partial charge < -0.3 is 29.5 Å². The van der Waals surface area contributed by atoms with Crippen molar-refractivity contribution in [3.8, 4) is 6.07 Å². The van der Waals surface area contributed by atoms with Crippen molar-refractivity contribution in [3.63, 3.8) is 0 Å². The molecule has 12 nitrogen and oxygen atoms in total. The molecule has 2 aromatic carbocycles. The fourth-order valence-corrected chi connectivity index (χ4v) is 11.2. The minimum absolute atomic E-state index is 0.0131. The van der Waals surface area contributed by atoms with Gasteiger partial charge in [0, 0.05) is 82.0 Å². The van der Waals surface area contributed by atoms with Crippen LogP contribution in [0.1, 0.15) is 37.7 Å². The minimum atomic E-state index is -3.55. The monoisotopic (exact) mass is 776 g/mol. The Bertz CT molecular complexity index is 1850. The van der Waals surface area contributed by atoms with Crippen LogP contribution in [-0.4, -0.2) is 132 Å². The third kappa shape index (κ3) is 8.40. The second kappa shape index (κ2) is 17.0. The quantitative estimate of drug-likeness (QED) is 0.317. The van der Waals surface area contributed by atoms with E-state index in [4.69, 9.17) is 9.47 Å². The Morgan fingerprint density at radius 3 is 2.40 bits per heavy atom. The number of carbonyl (C=O) groups is 2. The van der Waals surface area contributed by atoms with Gasteiger partial charge in [-0.15, -0.1) is 0 Å². The number of anilines is 1.